The van der Waals surface area contributed by atoms with E-state index in [1.165, 1.54) is 5.56 Å². The molecule has 0 saturated carbocycles. The van der Waals surface area contributed by atoms with Crippen LogP contribution in [0.4, 0.5) is 11.6 Å². The summed E-state index contributed by atoms with van der Waals surface area (Å²) in [5, 5.41) is 4.33. The molecule has 0 unspecified atom stereocenters. The first kappa shape index (κ1) is 15.5. The van der Waals surface area contributed by atoms with Crippen LogP contribution in [-0.4, -0.2) is 29.3 Å². The zero-order valence-corrected chi connectivity index (χ0v) is 14.0. The van der Waals surface area contributed by atoms with E-state index in [2.05, 4.69) is 58.3 Å². The summed E-state index contributed by atoms with van der Waals surface area (Å²) in [4.78, 5) is 11.1. The number of benzene rings is 1. The highest BCUT2D eigenvalue weighted by molar-refractivity contribution is 5.80. The summed E-state index contributed by atoms with van der Waals surface area (Å²) in [6.45, 7) is 8.55. The number of nitrogens with one attached hydrogen (secondary N) is 1. The number of nitrogens with zero attached hydrogens (tertiary/aromatic N) is 4. The number of rotatable bonds is 5. The SMILES string of the molecule is Cc1cccc(C=NNc2ncnc3c2CCN3CC(C)C)c1. The Bertz CT molecular complexity index is 708. The second-order valence-corrected chi connectivity index (χ2v) is 6.40. The van der Waals surface area contributed by atoms with Gasteiger partial charge in [-0.05, 0) is 24.8 Å². The summed E-state index contributed by atoms with van der Waals surface area (Å²) < 4.78 is 0. The lowest BCUT2D eigenvalue weighted by atomic mass is 10.2. The maximum atomic E-state index is 4.46. The number of hydrogen-bond acceptors (Lipinski definition) is 5. The topological polar surface area (TPSA) is 53.4 Å². The van der Waals surface area contributed by atoms with Gasteiger partial charge in [0.25, 0.3) is 0 Å². The zero-order chi connectivity index (χ0) is 16.2. The predicted molar refractivity (Wildman–Crippen MR) is 95.2 cm³/mol. The molecule has 1 N–H and O–H groups in total. The number of aryl methyl sites for hydroxylation is 1. The maximum absolute atomic E-state index is 4.46. The van der Waals surface area contributed by atoms with E-state index < -0.39 is 0 Å². The highest BCUT2D eigenvalue weighted by Crippen LogP contribution is 2.30. The van der Waals surface area contributed by atoms with Crippen LogP contribution in [-0.2, 0) is 6.42 Å². The van der Waals surface area contributed by atoms with Gasteiger partial charge >= 0.3 is 0 Å². The Morgan fingerprint density at radius 1 is 1.35 bits per heavy atom. The third kappa shape index (κ3) is 3.67. The minimum Gasteiger partial charge on any atom is -0.356 e. The molecule has 1 aromatic heterocycles. The molecular weight excluding hydrogens is 286 g/mol. The Balaban J connectivity index is 1.74. The minimum atomic E-state index is 0.617. The second-order valence-electron chi connectivity index (χ2n) is 6.40. The Morgan fingerprint density at radius 2 is 2.22 bits per heavy atom. The molecule has 1 aliphatic heterocycles. The molecule has 5 nitrogen and oxygen atoms in total. The largest absolute Gasteiger partial charge is 0.356 e. The van der Waals surface area contributed by atoms with Crippen molar-refractivity contribution in [2.75, 3.05) is 23.4 Å². The maximum Gasteiger partial charge on any atom is 0.154 e. The van der Waals surface area contributed by atoms with Crippen molar-refractivity contribution in [2.45, 2.75) is 27.2 Å². The molecule has 0 bridgehead atoms. The molecule has 120 valence electrons. The van der Waals surface area contributed by atoms with Gasteiger partial charge in [0.1, 0.15) is 12.1 Å². The van der Waals surface area contributed by atoms with Gasteiger partial charge in [-0.1, -0.05) is 43.7 Å². The Kier molecular flexibility index (Phi) is 4.55. The number of hydrazone groups is 1. The first-order chi connectivity index (χ1) is 11.1. The molecule has 0 spiro atoms. The molecule has 0 atom stereocenters. The van der Waals surface area contributed by atoms with Crippen LogP contribution in [0, 0.1) is 12.8 Å². The molecule has 0 aliphatic carbocycles. The Labute approximate surface area is 137 Å². The van der Waals surface area contributed by atoms with Gasteiger partial charge in [0.2, 0.25) is 0 Å². The van der Waals surface area contributed by atoms with Crippen LogP contribution in [0.3, 0.4) is 0 Å². The van der Waals surface area contributed by atoms with E-state index in [-0.39, 0.29) is 0 Å². The van der Waals surface area contributed by atoms with E-state index in [9.17, 15) is 0 Å². The van der Waals surface area contributed by atoms with Crippen LogP contribution in [0.5, 0.6) is 0 Å². The van der Waals surface area contributed by atoms with Gasteiger partial charge in [-0.25, -0.2) is 9.97 Å². The zero-order valence-electron chi connectivity index (χ0n) is 14.0. The van der Waals surface area contributed by atoms with Gasteiger partial charge < -0.3 is 4.90 Å². The van der Waals surface area contributed by atoms with Crippen molar-refractivity contribution in [3.05, 3.63) is 47.3 Å². The smallest absolute Gasteiger partial charge is 0.154 e. The normalized spacial score (nSPS) is 13.8. The van der Waals surface area contributed by atoms with Gasteiger partial charge in [0.05, 0.1) is 6.21 Å². The van der Waals surface area contributed by atoms with E-state index in [4.69, 9.17) is 0 Å². The van der Waals surface area contributed by atoms with Crippen molar-refractivity contribution in [1.82, 2.24) is 9.97 Å². The Hall–Kier alpha value is -2.43. The van der Waals surface area contributed by atoms with E-state index in [1.807, 2.05) is 18.3 Å². The summed E-state index contributed by atoms with van der Waals surface area (Å²) in [5.74, 6) is 2.47. The van der Waals surface area contributed by atoms with Crippen LogP contribution in [0.25, 0.3) is 0 Å². The molecule has 0 fully saturated rings. The third-order valence-electron chi connectivity index (χ3n) is 3.87. The van der Waals surface area contributed by atoms with E-state index in [1.54, 1.807) is 6.33 Å². The highest BCUT2D eigenvalue weighted by atomic mass is 15.3. The average Bonchev–Trinajstić information content (AvgIpc) is 2.91. The molecule has 1 aromatic carbocycles. The summed E-state index contributed by atoms with van der Waals surface area (Å²) in [5.41, 5.74) is 6.54. The predicted octanol–water partition coefficient (Wildman–Crippen LogP) is 3.25. The first-order valence-electron chi connectivity index (χ1n) is 8.08. The molecule has 23 heavy (non-hydrogen) atoms. The van der Waals surface area contributed by atoms with Crippen molar-refractivity contribution >= 4 is 17.9 Å². The first-order valence-corrected chi connectivity index (χ1v) is 8.08. The van der Waals surface area contributed by atoms with E-state index in [0.717, 1.165) is 42.3 Å². The molecular formula is C18H23N5. The average molecular weight is 309 g/mol. The van der Waals surface area contributed by atoms with Crippen molar-refractivity contribution in [3.8, 4) is 0 Å². The fourth-order valence-electron chi connectivity index (χ4n) is 2.89. The van der Waals surface area contributed by atoms with E-state index >= 15 is 0 Å². The quantitative estimate of drug-likeness (QED) is 0.680. The number of fused-ring (bicyclic) bond motifs is 1. The minimum absolute atomic E-state index is 0.617. The van der Waals surface area contributed by atoms with Crippen LogP contribution in [0.15, 0.2) is 35.7 Å². The van der Waals surface area contributed by atoms with Gasteiger partial charge in [-0.15, -0.1) is 0 Å². The fraction of sp³-hybridized carbons (Fsp3) is 0.389. The van der Waals surface area contributed by atoms with Crippen molar-refractivity contribution in [2.24, 2.45) is 11.0 Å². The van der Waals surface area contributed by atoms with Crippen molar-refractivity contribution in [1.29, 1.82) is 0 Å². The van der Waals surface area contributed by atoms with Crippen LogP contribution < -0.4 is 10.3 Å². The van der Waals surface area contributed by atoms with Crippen molar-refractivity contribution in [3.63, 3.8) is 0 Å². The van der Waals surface area contributed by atoms with Crippen LogP contribution in [0.2, 0.25) is 0 Å². The van der Waals surface area contributed by atoms with Crippen LogP contribution >= 0.6 is 0 Å². The standard InChI is InChI=1S/C18H23N5/c1-13(2)11-23-8-7-16-17(19-12-20-18(16)23)22-21-10-15-6-4-5-14(3)9-15/h4-6,9-10,12-13H,7-8,11H2,1-3H3,(H,19,20,22). The lowest BCUT2D eigenvalue weighted by Gasteiger charge is -2.20. The lowest BCUT2D eigenvalue weighted by Crippen LogP contribution is -2.25. The monoisotopic (exact) mass is 309 g/mol. The molecule has 0 amide bonds. The van der Waals surface area contributed by atoms with Crippen molar-refractivity contribution < 1.29 is 0 Å². The summed E-state index contributed by atoms with van der Waals surface area (Å²) >= 11 is 0. The summed E-state index contributed by atoms with van der Waals surface area (Å²) in [6.07, 6.45) is 4.40. The summed E-state index contributed by atoms with van der Waals surface area (Å²) in [7, 11) is 0. The number of anilines is 2. The molecule has 3 rings (SSSR count). The third-order valence-corrected chi connectivity index (χ3v) is 3.87. The molecule has 2 heterocycles. The summed E-state index contributed by atoms with van der Waals surface area (Å²) in [6, 6.07) is 8.24. The second kappa shape index (κ2) is 6.77. The fourth-order valence-corrected chi connectivity index (χ4v) is 2.89. The van der Waals surface area contributed by atoms with Gasteiger partial charge in [-0.2, -0.15) is 5.10 Å². The van der Waals surface area contributed by atoms with Gasteiger partial charge in [-0.3, -0.25) is 5.43 Å². The van der Waals surface area contributed by atoms with Crippen LogP contribution in [0.1, 0.15) is 30.5 Å². The Morgan fingerprint density at radius 3 is 3.00 bits per heavy atom. The van der Waals surface area contributed by atoms with Gasteiger partial charge in [0, 0.05) is 18.7 Å². The molecule has 5 heteroatoms. The molecule has 0 radical (unpaired) electrons. The molecule has 2 aromatic rings. The molecule has 1 aliphatic rings. The lowest BCUT2D eigenvalue weighted by molar-refractivity contribution is 0.619. The number of hydrogen-bond donors (Lipinski definition) is 1. The van der Waals surface area contributed by atoms with E-state index in [0.29, 0.717) is 5.92 Å². The molecule has 0 saturated heterocycles. The number of aromatic nitrogens is 2. The highest BCUT2D eigenvalue weighted by Gasteiger charge is 2.24. The van der Waals surface area contributed by atoms with Gasteiger partial charge in [0.15, 0.2) is 5.82 Å².